The van der Waals surface area contributed by atoms with E-state index in [4.69, 9.17) is 4.74 Å². The van der Waals surface area contributed by atoms with Crippen LogP contribution in [0.4, 0.5) is 0 Å². The second-order valence-corrected chi connectivity index (χ2v) is 3.35. The molecule has 0 atom stereocenters. The number of aryl methyl sites for hydroxylation is 2. The minimum Gasteiger partial charge on any atom is -0.424 e. The van der Waals surface area contributed by atoms with Crippen LogP contribution in [-0.4, -0.2) is 15.0 Å². The molecule has 2 aromatic rings. The third kappa shape index (κ3) is 2.49. The maximum Gasteiger partial charge on any atom is 0.324 e. The average Bonchev–Trinajstić information content (AvgIpc) is 2.17. The summed E-state index contributed by atoms with van der Waals surface area (Å²) in [5, 5.41) is 0. The van der Waals surface area contributed by atoms with E-state index in [1.165, 1.54) is 12.7 Å². The van der Waals surface area contributed by atoms with Gasteiger partial charge in [0.05, 0.1) is 0 Å². The molecule has 0 aliphatic heterocycles. The first-order valence-electron chi connectivity index (χ1n) is 4.62. The fourth-order valence-electron chi connectivity index (χ4n) is 1.38. The molecule has 4 heteroatoms. The molecular weight excluding hydrogens is 190 g/mol. The van der Waals surface area contributed by atoms with Crippen LogP contribution < -0.4 is 4.74 Å². The molecule has 1 heterocycles. The van der Waals surface area contributed by atoms with Gasteiger partial charge in [-0.2, -0.15) is 9.97 Å². The van der Waals surface area contributed by atoms with Gasteiger partial charge in [0.1, 0.15) is 18.4 Å². The highest BCUT2D eigenvalue weighted by Crippen LogP contribution is 2.20. The predicted molar refractivity (Wildman–Crippen MR) is 55.8 cm³/mol. The molecule has 1 aromatic heterocycles. The van der Waals surface area contributed by atoms with Crippen molar-refractivity contribution in [3.63, 3.8) is 0 Å². The molecule has 15 heavy (non-hydrogen) atoms. The zero-order chi connectivity index (χ0) is 10.7. The Morgan fingerprint density at radius 3 is 2.13 bits per heavy atom. The number of aromatic nitrogens is 3. The van der Waals surface area contributed by atoms with Crippen molar-refractivity contribution < 1.29 is 4.74 Å². The van der Waals surface area contributed by atoms with Crippen LogP contribution in [0.15, 0.2) is 30.9 Å². The van der Waals surface area contributed by atoms with E-state index in [1.54, 1.807) is 0 Å². The summed E-state index contributed by atoms with van der Waals surface area (Å²) in [5.74, 6) is 0.749. The largest absolute Gasteiger partial charge is 0.424 e. The Hall–Kier alpha value is -1.97. The van der Waals surface area contributed by atoms with Crippen LogP contribution in [0.25, 0.3) is 0 Å². The SMILES string of the molecule is Cc1cc(C)cc(Oc2ncncn2)c1. The molecule has 2 rings (SSSR count). The topological polar surface area (TPSA) is 47.9 Å². The Morgan fingerprint density at radius 2 is 1.53 bits per heavy atom. The average molecular weight is 201 g/mol. The van der Waals surface area contributed by atoms with Crippen molar-refractivity contribution in [1.82, 2.24) is 15.0 Å². The Kier molecular flexibility index (Phi) is 2.58. The van der Waals surface area contributed by atoms with Crippen molar-refractivity contribution >= 4 is 0 Å². The molecule has 0 aliphatic rings. The number of hydrogen-bond donors (Lipinski definition) is 0. The molecule has 0 spiro atoms. The Labute approximate surface area is 88.0 Å². The van der Waals surface area contributed by atoms with Crippen LogP contribution in [0.3, 0.4) is 0 Å². The zero-order valence-corrected chi connectivity index (χ0v) is 8.64. The molecule has 76 valence electrons. The lowest BCUT2D eigenvalue weighted by atomic mass is 10.1. The van der Waals surface area contributed by atoms with Gasteiger partial charge < -0.3 is 4.74 Å². The summed E-state index contributed by atoms with van der Waals surface area (Å²) in [4.78, 5) is 11.5. The molecule has 1 aromatic carbocycles. The van der Waals surface area contributed by atoms with E-state index < -0.39 is 0 Å². The fraction of sp³-hybridized carbons (Fsp3) is 0.182. The summed E-state index contributed by atoms with van der Waals surface area (Å²) in [7, 11) is 0. The summed E-state index contributed by atoms with van der Waals surface area (Å²) in [6, 6.07) is 6.28. The van der Waals surface area contributed by atoms with Crippen LogP contribution >= 0.6 is 0 Å². The van der Waals surface area contributed by atoms with Crippen LogP contribution in [0.1, 0.15) is 11.1 Å². The molecule has 0 N–H and O–H groups in total. The second kappa shape index (κ2) is 4.04. The number of hydrogen-bond acceptors (Lipinski definition) is 4. The quantitative estimate of drug-likeness (QED) is 0.747. The summed E-state index contributed by atoms with van der Waals surface area (Å²) < 4.78 is 5.48. The number of nitrogens with zero attached hydrogens (tertiary/aromatic N) is 3. The lowest BCUT2D eigenvalue weighted by molar-refractivity contribution is 0.438. The molecular formula is C11H11N3O. The normalized spacial score (nSPS) is 10.0. The van der Waals surface area contributed by atoms with Crippen molar-refractivity contribution in [2.24, 2.45) is 0 Å². The molecule has 0 saturated carbocycles. The van der Waals surface area contributed by atoms with Gasteiger partial charge in [-0.3, -0.25) is 0 Å². The van der Waals surface area contributed by atoms with Gasteiger partial charge in [0.2, 0.25) is 0 Å². The fourth-order valence-corrected chi connectivity index (χ4v) is 1.38. The Balaban J connectivity index is 2.25. The van der Waals surface area contributed by atoms with Gasteiger partial charge in [-0.15, -0.1) is 0 Å². The van der Waals surface area contributed by atoms with Gasteiger partial charge in [-0.25, -0.2) is 4.98 Å². The third-order valence-electron chi connectivity index (χ3n) is 1.87. The Morgan fingerprint density at radius 1 is 0.933 bits per heavy atom. The first kappa shape index (κ1) is 9.58. The van der Waals surface area contributed by atoms with Crippen LogP contribution in [0.5, 0.6) is 11.8 Å². The Bertz CT molecular complexity index is 436. The first-order valence-corrected chi connectivity index (χ1v) is 4.62. The van der Waals surface area contributed by atoms with E-state index in [-0.39, 0.29) is 0 Å². The second-order valence-electron chi connectivity index (χ2n) is 3.35. The molecule has 4 nitrogen and oxygen atoms in total. The van der Waals surface area contributed by atoms with E-state index in [0.717, 1.165) is 16.9 Å². The van der Waals surface area contributed by atoms with Gasteiger partial charge in [0.25, 0.3) is 0 Å². The van der Waals surface area contributed by atoms with Crippen molar-refractivity contribution in [3.8, 4) is 11.8 Å². The lowest BCUT2D eigenvalue weighted by Crippen LogP contribution is -1.92. The number of rotatable bonds is 2. The van der Waals surface area contributed by atoms with Gasteiger partial charge in [-0.1, -0.05) is 6.07 Å². The highest BCUT2D eigenvalue weighted by Gasteiger charge is 2.00. The molecule has 0 unspecified atom stereocenters. The molecule has 0 amide bonds. The van der Waals surface area contributed by atoms with Crippen molar-refractivity contribution in [1.29, 1.82) is 0 Å². The van der Waals surface area contributed by atoms with E-state index >= 15 is 0 Å². The maximum atomic E-state index is 5.48. The first-order chi connectivity index (χ1) is 7.24. The zero-order valence-electron chi connectivity index (χ0n) is 8.64. The highest BCUT2D eigenvalue weighted by molar-refractivity contribution is 5.34. The number of ether oxygens (including phenoxy) is 1. The van der Waals surface area contributed by atoms with Crippen LogP contribution in [0, 0.1) is 13.8 Å². The minimum absolute atomic E-state index is 0.315. The van der Waals surface area contributed by atoms with Gasteiger partial charge >= 0.3 is 6.01 Å². The van der Waals surface area contributed by atoms with E-state index in [2.05, 4.69) is 21.0 Å². The highest BCUT2D eigenvalue weighted by atomic mass is 16.5. The maximum absolute atomic E-state index is 5.48. The number of benzene rings is 1. The van der Waals surface area contributed by atoms with Crippen molar-refractivity contribution in [2.45, 2.75) is 13.8 Å². The van der Waals surface area contributed by atoms with Crippen molar-refractivity contribution in [3.05, 3.63) is 42.0 Å². The van der Waals surface area contributed by atoms with E-state index in [9.17, 15) is 0 Å². The summed E-state index contributed by atoms with van der Waals surface area (Å²) >= 11 is 0. The molecule has 0 saturated heterocycles. The third-order valence-corrected chi connectivity index (χ3v) is 1.87. The van der Waals surface area contributed by atoms with Gasteiger partial charge in [0, 0.05) is 0 Å². The smallest absolute Gasteiger partial charge is 0.324 e. The molecule has 0 bridgehead atoms. The summed E-state index contributed by atoms with van der Waals surface area (Å²) in [5.41, 5.74) is 2.30. The predicted octanol–water partition coefficient (Wildman–Crippen LogP) is 2.28. The van der Waals surface area contributed by atoms with Crippen LogP contribution in [-0.2, 0) is 0 Å². The standard InChI is InChI=1S/C11H11N3O/c1-8-3-9(2)5-10(4-8)15-11-13-6-12-7-14-11/h3-7H,1-2H3. The van der Waals surface area contributed by atoms with E-state index in [1.807, 2.05) is 26.0 Å². The minimum atomic E-state index is 0.315. The van der Waals surface area contributed by atoms with Crippen LogP contribution in [0.2, 0.25) is 0 Å². The lowest BCUT2D eigenvalue weighted by Gasteiger charge is -2.04. The van der Waals surface area contributed by atoms with E-state index in [0.29, 0.717) is 6.01 Å². The summed E-state index contributed by atoms with van der Waals surface area (Å²) in [6.07, 6.45) is 2.82. The van der Waals surface area contributed by atoms with Gasteiger partial charge in [0.15, 0.2) is 0 Å². The monoisotopic (exact) mass is 201 g/mol. The molecule has 0 fully saturated rings. The molecule has 0 aliphatic carbocycles. The van der Waals surface area contributed by atoms with Gasteiger partial charge in [-0.05, 0) is 37.1 Å². The van der Waals surface area contributed by atoms with Crippen molar-refractivity contribution in [2.75, 3.05) is 0 Å². The summed E-state index contributed by atoms with van der Waals surface area (Å²) in [6.45, 7) is 4.04. The molecule has 0 radical (unpaired) electrons.